The van der Waals surface area contributed by atoms with E-state index < -0.39 is 0 Å². The Morgan fingerprint density at radius 1 is 1.21 bits per heavy atom. The van der Waals surface area contributed by atoms with E-state index in [1.807, 2.05) is 11.7 Å². The molecular formula is C11H17N3. The summed E-state index contributed by atoms with van der Waals surface area (Å²) in [5.41, 5.74) is 2.63. The maximum atomic E-state index is 4.25. The van der Waals surface area contributed by atoms with Gasteiger partial charge in [-0.2, -0.15) is 0 Å². The molecule has 0 amide bonds. The minimum absolute atomic E-state index is 0.970. The van der Waals surface area contributed by atoms with Crippen LogP contribution in [0, 0.1) is 17.8 Å². The van der Waals surface area contributed by atoms with Gasteiger partial charge in [0, 0.05) is 7.05 Å². The molecule has 3 atom stereocenters. The lowest BCUT2D eigenvalue weighted by Gasteiger charge is -2.07. The van der Waals surface area contributed by atoms with Crippen LogP contribution < -0.4 is 0 Å². The van der Waals surface area contributed by atoms with Crippen LogP contribution in [0.5, 0.6) is 0 Å². The van der Waals surface area contributed by atoms with Crippen molar-refractivity contribution in [3.63, 3.8) is 0 Å². The van der Waals surface area contributed by atoms with Gasteiger partial charge in [0.05, 0.1) is 11.4 Å². The highest BCUT2D eigenvalue weighted by Gasteiger charge is 2.46. The molecule has 14 heavy (non-hydrogen) atoms. The van der Waals surface area contributed by atoms with E-state index in [1.165, 1.54) is 30.7 Å². The Bertz CT molecular complexity index is 355. The molecule has 0 bridgehead atoms. The predicted molar refractivity (Wildman–Crippen MR) is 53.8 cm³/mol. The van der Waals surface area contributed by atoms with Gasteiger partial charge in [0.1, 0.15) is 0 Å². The van der Waals surface area contributed by atoms with E-state index in [-0.39, 0.29) is 0 Å². The molecule has 3 heteroatoms. The van der Waals surface area contributed by atoms with Gasteiger partial charge in [0.15, 0.2) is 0 Å². The summed E-state index contributed by atoms with van der Waals surface area (Å²) in [4.78, 5) is 0. The Kier molecular flexibility index (Phi) is 1.70. The Labute approximate surface area is 84.5 Å². The summed E-state index contributed by atoms with van der Waals surface area (Å²) in [6.45, 7) is 2.40. The van der Waals surface area contributed by atoms with E-state index in [4.69, 9.17) is 0 Å². The van der Waals surface area contributed by atoms with Crippen molar-refractivity contribution in [3.05, 3.63) is 11.4 Å². The fourth-order valence-corrected chi connectivity index (χ4v) is 3.12. The first-order chi connectivity index (χ1) is 6.77. The average molecular weight is 191 g/mol. The van der Waals surface area contributed by atoms with Crippen molar-refractivity contribution < 1.29 is 0 Å². The molecule has 0 spiro atoms. The third-order valence-corrected chi connectivity index (χ3v) is 4.21. The molecule has 3 nitrogen and oxygen atoms in total. The summed E-state index contributed by atoms with van der Waals surface area (Å²) in [7, 11) is 2.02. The van der Waals surface area contributed by atoms with Crippen molar-refractivity contribution in [2.75, 3.05) is 0 Å². The van der Waals surface area contributed by atoms with E-state index >= 15 is 0 Å². The zero-order valence-corrected chi connectivity index (χ0v) is 8.90. The molecule has 1 aromatic heterocycles. The molecule has 0 N–H and O–H groups in total. The van der Waals surface area contributed by atoms with Gasteiger partial charge in [-0.25, -0.2) is 0 Å². The van der Waals surface area contributed by atoms with Crippen LogP contribution in [-0.4, -0.2) is 15.0 Å². The molecule has 1 aromatic rings. The highest BCUT2D eigenvalue weighted by atomic mass is 15.4. The zero-order chi connectivity index (χ0) is 9.71. The molecule has 0 saturated heterocycles. The van der Waals surface area contributed by atoms with E-state index in [1.54, 1.807) is 0 Å². The van der Waals surface area contributed by atoms with Gasteiger partial charge in [-0.15, -0.1) is 5.10 Å². The largest absolute Gasteiger partial charge is 0.252 e. The second kappa shape index (κ2) is 2.81. The predicted octanol–water partition coefficient (Wildman–Crippen LogP) is 1.58. The van der Waals surface area contributed by atoms with Crippen molar-refractivity contribution in [2.45, 2.75) is 32.6 Å². The van der Waals surface area contributed by atoms with Gasteiger partial charge < -0.3 is 0 Å². The van der Waals surface area contributed by atoms with E-state index in [0.29, 0.717) is 0 Å². The second-order valence-corrected chi connectivity index (χ2v) is 4.87. The van der Waals surface area contributed by atoms with Crippen molar-refractivity contribution in [2.24, 2.45) is 24.8 Å². The topological polar surface area (TPSA) is 30.7 Å². The third-order valence-electron chi connectivity index (χ3n) is 4.21. The number of hydrogen-bond acceptors (Lipinski definition) is 2. The Balaban J connectivity index is 1.87. The lowest BCUT2D eigenvalue weighted by atomic mass is 10.0. The summed E-state index contributed by atoms with van der Waals surface area (Å²) in [5, 5.41) is 8.36. The fourth-order valence-electron chi connectivity index (χ4n) is 3.12. The summed E-state index contributed by atoms with van der Waals surface area (Å²) in [6.07, 6.45) is 5.01. The number of fused-ring (bicyclic) bond motifs is 2. The van der Waals surface area contributed by atoms with Gasteiger partial charge >= 0.3 is 0 Å². The third kappa shape index (κ3) is 1.11. The molecule has 1 fully saturated rings. The molecule has 2 aliphatic rings. The Hall–Kier alpha value is -0.860. The molecule has 3 rings (SSSR count). The number of rotatable bonds is 0. The van der Waals surface area contributed by atoms with Crippen LogP contribution >= 0.6 is 0 Å². The van der Waals surface area contributed by atoms with E-state index in [0.717, 1.165) is 24.2 Å². The molecule has 0 aliphatic heterocycles. The van der Waals surface area contributed by atoms with Crippen LogP contribution in [0.2, 0.25) is 0 Å². The van der Waals surface area contributed by atoms with Crippen LogP contribution in [0.15, 0.2) is 0 Å². The fraction of sp³-hybridized carbons (Fsp3) is 0.818. The second-order valence-electron chi connectivity index (χ2n) is 4.87. The smallest absolute Gasteiger partial charge is 0.0859 e. The molecule has 0 radical (unpaired) electrons. The summed E-state index contributed by atoms with van der Waals surface area (Å²) in [6, 6.07) is 0. The maximum Gasteiger partial charge on any atom is 0.0859 e. The number of hydrogen-bond donors (Lipinski definition) is 0. The highest BCUT2D eigenvalue weighted by Crippen LogP contribution is 2.52. The van der Waals surface area contributed by atoms with Crippen molar-refractivity contribution >= 4 is 0 Å². The molecule has 1 heterocycles. The lowest BCUT2D eigenvalue weighted by molar-refractivity contribution is 0.566. The standard InChI is InChI=1S/C11H17N3/c1-7-8-3-5-10-11(6-4-9(7)8)14(2)13-12-10/h7-9H,3-6H2,1-2H3/t7?,8-,9?/m1/s1. The first-order valence-corrected chi connectivity index (χ1v) is 5.65. The lowest BCUT2D eigenvalue weighted by Crippen LogP contribution is -2.04. The molecule has 1 saturated carbocycles. The molecule has 2 unspecified atom stereocenters. The molecular weight excluding hydrogens is 174 g/mol. The van der Waals surface area contributed by atoms with Crippen LogP contribution in [-0.2, 0) is 19.9 Å². The van der Waals surface area contributed by atoms with E-state index in [9.17, 15) is 0 Å². The monoisotopic (exact) mass is 191 g/mol. The highest BCUT2D eigenvalue weighted by molar-refractivity contribution is 5.14. The van der Waals surface area contributed by atoms with Crippen LogP contribution in [0.25, 0.3) is 0 Å². The van der Waals surface area contributed by atoms with Crippen LogP contribution in [0.1, 0.15) is 31.2 Å². The Morgan fingerprint density at radius 2 is 1.93 bits per heavy atom. The van der Waals surface area contributed by atoms with Gasteiger partial charge in [-0.1, -0.05) is 12.1 Å². The minimum Gasteiger partial charge on any atom is -0.252 e. The van der Waals surface area contributed by atoms with Gasteiger partial charge in [-0.3, -0.25) is 4.68 Å². The molecule has 2 aliphatic carbocycles. The zero-order valence-electron chi connectivity index (χ0n) is 8.90. The van der Waals surface area contributed by atoms with E-state index in [2.05, 4.69) is 17.2 Å². The first kappa shape index (κ1) is 8.45. The minimum atomic E-state index is 0.970. The van der Waals surface area contributed by atoms with Gasteiger partial charge in [0.2, 0.25) is 0 Å². The Morgan fingerprint density at radius 3 is 2.71 bits per heavy atom. The van der Waals surface area contributed by atoms with Crippen molar-refractivity contribution in [1.29, 1.82) is 0 Å². The van der Waals surface area contributed by atoms with Crippen molar-refractivity contribution in [3.8, 4) is 0 Å². The normalized spacial score (nSPS) is 35.4. The summed E-state index contributed by atoms with van der Waals surface area (Å²) >= 11 is 0. The SMILES string of the molecule is CC1C2CCc3c(nnn3C)CC[C@H]12. The summed E-state index contributed by atoms with van der Waals surface area (Å²) < 4.78 is 1.96. The first-order valence-electron chi connectivity index (χ1n) is 5.65. The summed E-state index contributed by atoms with van der Waals surface area (Å²) in [5.74, 6) is 2.96. The number of aryl methyl sites for hydroxylation is 2. The van der Waals surface area contributed by atoms with Crippen LogP contribution in [0.3, 0.4) is 0 Å². The molecule has 76 valence electrons. The number of nitrogens with zero attached hydrogens (tertiary/aromatic N) is 3. The van der Waals surface area contributed by atoms with Crippen LogP contribution in [0.4, 0.5) is 0 Å². The van der Waals surface area contributed by atoms with Crippen molar-refractivity contribution in [1.82, 2.24) is 15.0 Å². The van der Waals surface area contributed by atoms with Gasteiger partial charge in [0.25, 0.3) is 0 Å². The quantitative estimate of drug-likeness (QED) is 0.623. The average Bonchev–Trinajstić information content (AvgIpc) is 2.58. The van der Waals surface area contributed by atoms with Gasteiger partial charge in [-0.05, 0) is 43.4 Å². The molecule has 0 aromatic carbocycles. The number of aromatic nitrogens is 3. The maximum absolute atomic E-state index is 4.25.